The molecule has 0 aliphatic heterocycles. The molecule has 0 aliphatic carbocycles. The van der Waals surface area contributed by atoms with Gasteiger partial charge in [-0.25, -0.2) is 4.63 Å². The molecule has 0 saturated heterocycles. The van der Waals surface area contributed by atoms with Gasteiger partial charge in [0.2, 0.25) is 0 Å². The highest BCUT2D eigenvalue weighted by molar-refractivity contribution is 6.30. The Balaban J connectivity index is 2.22. The number of nitrogens with zero attached hydrogens (tertiary/aromatic N) is 2. The van der Waals surface area contributed by atoms with E-state index in [0.29, 0.717) is 16.4 Å². The third-order valence-corrected chi connectivity index (χ3v) is 2.54. The molecule has 0 saturated carbocycles. The molecule has 2 aromatic rings. The predicted octanol–water partition coefficient (Wildman–Crippen LogP) is 2.59. The Morgan fingerprint density at radius 3 is 2.71 bits per heavy atom. The third kappa shape index (κ3) is 2.45. The molecular formula is C11H10ClN3O2. The lowest BCUT2D eigenvalue weighted by Crippen LogP contribution is -2.14. The van der Waals surface area contributed by atoms with E-state index in [1.807, 2.05) is 6.92 Å². The van der Waals surface area contributed by atoms with Crippen LogP contribution in [0.1, 0.15) is 21.7 Å². The average molecular weight is 252 g/mol. The largest absolute Gasteiger partial charge is 0.320 e. The van der Waals surface area contributed by atoms with E-state index >= 15 is 0 Å². The van der Waals surface area contributed by atoms with Gasteiger partial charge in [0.1, 0.15) is 5.69 Å². The summed E-state index contributed by atoms with van der Waals surface area (Å²) in [5.41, 5.74) is 2.19. The van der Waals surface area contributed by atoms with Crippen LogP contribution in [0.15, 0.2) is 22.8 Å². The van der Waals surface area contributed by atoms with Crippen molar-refractivity contribution in [3.05, 3.63) is 40.2 Å². The van der Waals surface area contributed by atoms with Crippen molar-refractivity contribution in [3.63, 3.8) is 0 Å². The minimum Gasteiger partial charge on any atom is -0.320 e. The van der Waals surface area contributed by atoms with Crippen molar-refractivity contribution in [2.45, 2.75) is 13.8 Å². The number of aryl methyl sites for hydroxylation is 2. The van der Waals surface area contributed by atoms with Gasteiger partial charge in [-0.3, -0.25) is 4.79 Å². The van der Waals surface area contributed by atoms with Gasteiger partial charge < -0.3 is 5.32 Å². The minimum atomic E-state index is -0.353. The van der Waals surface area contributed by atoms with Crippen molar-refractivity contribution < 1.29 is 9.42 Å². The molecule has 5 nitrogen and oxygen atoms in total. The number of carbonyl (C=O) groups is 1. The van der Waals surface area contributed by atoms with Crippen molar-refractivity contribution in [2.75, 3.05) is 5.32 Å². The Labute approximate surface area is 103 Å². The maximum absolute atomic E-state index is 11.8. The first-order valence-corrected chi connectivity index (χ1v) is 5.32. The fourth-order valence-electron chi connectivity index (χ4n) is 1.39. The van der Waals surface area contributed by atoms with Crippen molar-refractivity contribution in [2.24, 2.45) is 0 Å². The van der Waals surface area contributed by atoms with Gasteiger partial charge in [0, 0.05) is 10.7 Å². The molecule has 1 amide bonds. The molecule has 0 atom stereocenters. The van der Waals surface area contributed by atoms with Gasteiger partial charge in [-0.2, -0.15) is 0 Å². The van der Waals surface area contributed by atoms with E-state index in [1.54, 1.807) is 25.1 Å². The van der Waals surface area contributed by atoms with Crippen molar-refractivity contribution in [1.29, 1.82) is 0 Å². The van der Waals surface area contributed by atoms with Gasteiger partial charge in [-0.1, -0.05) is 16.8 Å². The van der Waals surface area contributed by atoms with Gasteiger partial charge in [0.15, 0.2) is 5.69 Å². The second kappa shape index (κ2) is 4.55. The monoisotopic (exact) mass is 251 g/mol. The smallest absolute Gasteiger partial charge is 0.279 e. The van der Waals surface area contributed by atoms with Crippen molar-refractivity contribution >= 4 is 23.2 Å². The van der Waals surface area contributed by atoms with Crippen LogP contribution in [-0.4, -0.2) is 16.2 Å². The molecule has 0 unspecified atom stereocenters. The summed E-state index contributed by atoms with van der Waals surface area (Å²) in [5, 5.41) is 10.4. The lowest BCUT2D eigenvalue weighted by molar-refractivity contribution is 0.101. The van der Waals surface area contributed by atoms with E-state index in [0.717, 1.165) is 5.56 Å². The van der Waals surface area contributed by atoms with Crippen LogP contribution in [0, 0.1) is 13.8 Å². The van der Waals surface area contributed by atoms with Crippen LogP contribution in [0.25, 0.3) is 0 Å². The lowest BCUT2D eigenvalue weighted by atomic mass is 10.2. The number of hydrogen-bond donors (Lipinski definition) is 1. The first-order valence-electron chi connectivity index (χ1n) is 4.94. The van der Waals surface area contributed by atoms with E-state index in [1.165, 1.54) is 0 Å². The van der Waals surface area contributed by atoms with Crippen LogP contribution < -0.4 is 5.32 Å². The molecule has 1 heterocycles. The fourth-order valence-corrected chi connectivity index (χ4v) is 1.61. The maximum atomic E-state index is 11.8. The highest BCUT2D eigenvalue weighted by Gasteiger charge is 2.15. The van der Waals surface area contributed by atoms with Crippen molar-refractivity contribution in [3.8, 4) is 0 Å². The normalized spacial score (nSPS) is 10.3. The van der Waals surface area contributed by atoms with Crippen LogP contribution in [0.4, 0.5) is 5.69 Å². The number of carbonyl (C=O) groups excluding carboxylic acids is 1. The topological polar surface area (TPSA) is 68.0 Å². The first kappa shape index (κ1) is 11.6. The molecular weight excluding hydrogens is 242 g/mol. The molecule has 1 N–H and O–H groups in total. The van der Waals surface area contributed by atoms with E-state index in [-0.39, 0.29) is 11.6 Å². The molecule has 0 bridgehead atoms. The quantitative estimate of drug-likeness (QED) is 0.891. The number of anilines is 1. The number of amides is 1. The highest BCUT2D eigenvalue weighted by Crippen LogP contribution is 2.20. The first-order chi connectivity index (χ1) is 8.08. The Hall–Kier alpha value is -1.88. The summed E-state index contributed by atoms with van der Waals surface area (Å²) >= 11 is 5.83. The molecule has 1 aromatic carbocycles. The summed E-state index contributed by atoms with van der Waals surface area (Å²) in [6.45, 7) is 3.51. The summed E-state index contributed by atoms with van der Waals surface area (Å²) in [4.78, 5) is 11.8. The Morgan fingerprint density at radius 1 is 1.35 bits per heavy atom. The maximum Gasteiger partial charge on any atom is 0.279 e. The predicted molar refractivity (Wildman–Crippen MR) is 63.2 cm³/mol. The zero-order valence-electron chi connectivity index (χ0n) is 9.32. The van der Waals surface area contributed by atoms with E-state index < -0.39 is 0 Å². The second-order valence-corrected chi connectivity index (χ2v) is 4.05. The van der Waals surface area contributed by atoms with Gasteiger partial charge in [-0.05, 0) is 42.8 Å². The highest BCUT2D eigenvalue weighted by atomic mass is 35.5. The molecule has 2 rings (SSSR count). The zero-order valence-corrected chi connectivity index (χ0v) is 10.1. The van der Waals surface area contributed by atoms with E-state index in [2.05, 4.69) is 20.3 Å². The Bertz CT molecular complexity index is 566. The van der Waals surface area contributed by atoms with Crippen LogP contribution >= 0.6 is 11.6 Å². The van der Waals surface area contributed by atoms with Crippen LogP contribution in [-0.2, 0) is 0 Å². The van der Waals surface area contributed by atoms with Gasteiger partial charge in [-0.15, -0.1) is 0 Å². The molecule has 0 radical (unpaired) electrons. The fraction of sp³-hybridized carbons (Fsp3) is 0.182. The van der Waals surface area contributed by atoms with Gasteiger partial charge in [0.25, 0.3) is 5.91 Å². The summed E-state index contributed by atoms with van der Waals surface area (Å²) in [6.07, 6.45) is 0. The molecule has 17 heavy (non-hydrogen) atoms. The zero-order chi connectivity index (χ0) is 12.4. The van der Waals surface area contributed by atoms with Crippen LogP contribution in [0.2, 0.25) is 5.02 Å². The SMILES string of the molecule is Cc1cc(Cl)ccc1NC(=O)c1nonc1C. The standard InChI is InChI=1S/C11H10ClN3O2/c1-6-5-8(12)3-4-9(6)13-11(16)10-7(2)14-17-15-10/h3-5H,1-2H3,(H,13,16). The van der Waals surface area contributed by atoms with E-state index in [4.69, 9.17) is 11.6 Å². The summed E-state index contributed by atoms with van der Waals surface area (Å²) in [7, 11) is 0. The van der Waals surface area contributed by atoms with Crippen LogP contribution in [0.5, 0.6) is 0 Å². The molecule has 0 fully saturated rings. The molecule has 0 aliphatic rings. The molecule has 88 valence electrons. The van der Waals surface area contributed by atoms with Gasteiger partial charge in [0.05, 0.1) is 0 Å². The number of aromatic nitrogens is 2. The van der Waals surface area contributed by atoms with E-state index in [9.17, 15) is 4.79 Å². The lowest BCUT2D eigenvalue weighted by Gasteiger charge is -2.06. The Morgan fingerprint density at radius 2 is 2.12 bits per heavy atom. The summed E-state index contributed by atoms with van der Waals surface area (Å²) < 4.78 is 4.47. The average Bonchev–Trinajstić information content (AvgIpc) is 2.68. The number of hydrogen-bond acceptors (Lipinski definition) is 4. The molecule has 1 aromatic heterocycles. The number of benzene rings is 1. The van der Waals surface area contributed by atoms with Crippen LogP contribution in [0.3, 0.4) is 0 Å². The van der Waals surface area contributed by atoms with Crippen molar-refractivity contribution in [1.82, 2.24) is 10.3 Å². The second-order valence-electron chi connectivity index (χ2n) is 3.61. The third-order valence-electron chi connectivity index (χ3n) is 2.30. The number of nitrogens with one attached hydrogen (secondary N) is 1. The molecule has 6 heteroatoms. The minimum absolute atomic E-state index is 0.180. The summed E-state index contributed by atoms with van der Waals surface area (Å²) in [6, 6.07) is 5.21. The Kier molecular flexibility index (Phi) is 3.10. The molecule has 0 spiro atoms. The summed E-state index contributed by atoms with van der Waals surface area (Å²) in [5.74, 6) is -0.353. The van der Waals surface area contributed by atoms with Gasteiger partial charge >= 0.3 is 0 Å². The number of rotatable bonds is 2. The number of halogens is 1.